The third-order valence-electron chi connectivity index (χ3n) is 4.36. The number of rotatable bonds is 0. The molecule has 0 N–H and O–H groups in total. The van der Waals surface area contributed by atoms with Crippen LogP contribution in [-0.2, 0) is 19.0 Å². The number of ether oxygens (including phenoxy) is 3. The zero-order valence-electron chi connectivity index (χ0n) is 11.2. The molecule has 0 aromatic carbocycles. The van der Waals surface area contributed by atoms with Crippen LogP contribution in [0.15, 0.2) is 0 Å². The van der Waals surface area contributed by atoms with Crippen LogP contribution in [0.1, 0.15) is 58.8 Å². The fraction of sp³-hybridized carbons (Fsp3) is 0.929. The maximum atomic E-state index is 12.2. The third-order valence-corrected chi connectivity index (χ3v) is 4.36. The van der Waals surface area contributed by atoms with Crippen LogP contribution < -0.4 is 0 Å². The molecule has 0 saturated carbocycles. The summed E-state index contributed by atoms with van der Waals surface area (Å²) in [5.74, 6) is -1.48. The quantitative estimate of drug-likeness (QED) is 0.666. The Hall–Kier alpha value is -0.450. The Kier molecular flexibility index (Phi) is 3.00. The number of carbonyl (C=O) groups excluding carboxylic acids is 1. The van der Waals surface area contributed by atoms with Crippen LogP contribution in [0.5, 0.6) is 0 Å². The van der Waals surface area contributed by atoms with E-state index in [1.54, 1.807) is 0 Å². The number of Topliss-reactive ketones (excluding diaryl/α,β-unsaturated/α-hetero) is 1. The molecule has 0 radical (unpaired) electrons. The summed E-state index contributed by atoms with van der Waals surface area (Å²) in [7, 11) is 0. The Labute approximate surface area is 108 Å². The highest BCUT2D eigenvalue weighted by atomic mass is 16.8. The highest BCUT2D eigenvalue weighted by Crippen LogP contribution is 2.46. The fourth-order valence-corrected chi connectivity index (χ4v) is 3.42. The van der Waals surface area contributed by atoms with Gasteiger partial charge in [-0.25, -0.2) is 0 Å². The zero-order valence-corrected chi connectivity index (χ0v) is 11.2. The second kappa shape index (κ2) is 4.29. The molecule has 3 aliphatic rings. The van der Waals surface area contributed by atoms with E-state index >= 15 is 0 Å². The molecule has 0 amide bonds. The Morgan fingerprint density at radius 2 is 1.83 bits per heavy atom. The van der Waals surface area contributed by atoms with E-state index in [1.807, 2.05) is 6.92 Å². The zero-order chi connectivity index (χ0) is 12.8. The first-order chi connectivity index (χ1) is 8.54. The SMILES string of the molecule is C[C@@H]1CCC[C@]2(CCC(=O)[C@@]3(CC[C@H](C)O3)O2)O1. The molecule has 4 atom stereocenters. The lowest BCUT2D eigenvalue weighted by atomic mass is 9.90. The van der Waals surface area contributed by atoms with Crippen LogP contribution in [-0.4, -0.2) is 29.6 Å². The minimum Gasteiger partial charge on any atom is -0.347 e. The van der Waals surface area contributed by atoms with Crippen LogP contribution in [0.3, 0.4) is 0 Å². The van der Waals surface area contributed by atoms with Crippen LogP contribution in [0.25, 0.3) is 0 Å². The largest absolute Gasteiger partial charge is 0.347 e. The molecule has 4 nitrogen and oxygen atoms in total. The molecule has 3 fully saturated rings. The van der Waals surface area contributed by atoms with Crippen molar-refractivity contribution in [2.75, 3.05) is 0 Å². The molecule has 3 aliphatic heterocycles. The van der Waals surface area contributed by atoms with Gasteiger partial charge in [0.15, 0.2) is 11.6 Å². The summed E-state index contributed by atoms with van der Waals surface area (Å²) < 4.78 is 18.0. The van der Waals surface area contributed by atoms with Crippen molar-refractivity contribution in [3.05, 3.63) is 0 Å². The minimum atomic E-state index is -1.01. The molecule has 3 heterocycles. The van der Waals surface area contributed by atoms with Crippen LogP contribution in [0.4, 0.5) is 0 Å². The fourth-order valence-electron chi connectivity index (χ4n) is 3.42. The van der Waals surface area contributed by atoms with Gasteiger partial charge in [-0.2, -0.15) is 0 Å². The van der Waals surface area contributed by atoms with Crippen LogP contribution in [0, 0.1) is 0 Å². The summed E-state index contributed by atoms with van der Waals surface area (Å²) >= 11 is 0. The number of ketones is 1. The lowest BCUT2D eigenvalue weighted by Crippen LogP contribution is -2.57. The van der Waals surface area contributed by atoms with Crippen LogP contribution in [0.2, 0.25) is 0 Å². The van der Waals surface area contributed by atoms with Gasteiger partial charge in [0.2, 0.25) is 5.79 Å². The maximum absolute atomic E-state index is 12.2. The van der Waals surface area contributed by atoms with E-state index in [0.717, 1.165) is 25.7 Å². The standard InChI is InChI=1S/C14H22O4/c1-10-4-3-7-13(16-10)8-6-12(15)14(18-13)9-5-11(2)17-14/h10-11H,3-9H2,1-2H3/t10-,11+,13+,14-/m1/s1. The number of hydrogen-bond acceptors (Lipinski definition) is 4. The van der Waals surface area contributed by atoms with Crippen LogP contribution >= 0.6 is 0 Å². The second-order valence-electron chi connectivity index (χ2n) is 5.98. The molecule has 0 aliphatic carbocycles. The average molecular weight is 254 g/mol. The normalized spacial score (nSPS) is 49.1. The van der Waals surface area contributed by atoms with Crippen molar-refractivity contribution in [1.29, 1.82) is 0 Å². The lowest BCUT2D eigenvalue weighted by Gasteiger charge is -2.48. The van der Waals surface area contributed by atoms with E-state index in [1.165, 1.54) is 0 Å². The van der Waals surface area contributed by atoms with E-state index in [9.17, 15) is 4.79 Å². The molecule has 4 heteroatoms. The molecule has 0 aromatic heterocycles. The minimum absolute atomic E-state index is 0.0966. The lowest BCUT2D eigenvalue weighted by molar-refractivity contribution is -0.371. The molecule has 2 spiro atoms. The first kappa shape index (κ1) is 12.6. The highest BCUT2D eigenvalue weighted by molar-refractivity contribution is 5.87. The van der Waals surface area contributed by atoms with Gasteiger partial charge in [0.1, 0.15) is 0 Å². The number of carbonyl (C=O) groups is 1. The summed E-state index contributed by atoms with van der Waals surface area (Å²) in [6.07, 6.45) is 6.11. The van der Waals surface area contributed by atoms with E-state index in [0.29, 0.717) is 19.3 Å². The summed E-state index contributed by atoms with van der Waals surface area (Å²) in [5.41, 5.74) is 0. The second-order valence-corrected chi connectivity index (χ2v) is 5.98. The first-order valence-corrected chi connectivity index (χ1v) is 7.13. The first-order valence-electron chi connectivity index (χ1n) is 7.13. The molecule has 3 saturated heterocycles. The monoisotopic (exact) mass is 254 g/mol. The maximum Gasteiger partial charge on any atom is 0.231 e. The topological polar surface area (TPSA) is 44.8 Å². The average Bonchev–Trinajstić information content (AvgIpc) is 2.67. The Balaban J connectivity index is 1.81. The van der Waals surface area contributed by atoms with Crippen molar-refractivity contribution in [1.82, 2.24) is 0 Å². The molecular weight excluding hydrogens is 232 g/mol. The summed E-state index contributed by atoms with van der Waals surface area (Å²) in [5, 5.41) is 0. The van der Waals surface area contributed by atoms with Gasteiger partial charge in [-0.15, -0.1) is 0 Å². The van der Waals surface area contributed by atoms with Crippen molar-refractivity contribution in [2.45, 2.75) is 82.6 Å². The molecule has 0 unspecified atom stereocenters. The van der Waals surface area contributed by atoms with Gasteiger partial charge in [-0.05, 0) is 33.1 Å². The summed E-state index contributed by atoms with van der Waals surface area (Å²) in [4.78, 5) is 12.2. The van der Waals surface area contributed by atoms with Crippen molar-refractivity contribution >= 4 is 5.78 Å². The van der Waals surface area contributed by atoms with Gasteiger partial charge in [-0.3, -0.25) is 4.79 Å². The molecule has 102 valence electrons. The van der Waals surface area contributed by atoms with E-state index in [2.05, 4.69) is 6.92 Å². The van der Waals surface area contributed by atoms with Gasteiger partial charge in [0.05, 0.1) is 12.2 Å². The smallest absolute Gasteiger partial charge is 0.231 e. The third kappa shape index (κ3) is 2.00. The van der Waals surface area contributed by atoms with Crippen molar-refractivity contribution in [2.24, 2.45) is 0 Å². The van der Waals surface area contributed by atoms with E-state index in [4.69, 9.17) is 14.2 Å². The van der Waals surface area contributed by atoms with Gasteiger partial charge >= 0.3 is 0 Å². The van der Waals surface area contributed by atoms with Gasteiger partial charge in [0, 0.05) is 25.7 Å². The molecule has 0 bridgehead atoms. The summed E-state index contributed by atoms with van der Waals surface area (Å²) in [6.45, 7) is 4.07. The predicted octanol–water partition coefficient (Wildman–Crippen LogP) is 2.55. The van der Waals surface area contributed by atoms with Gasteiger partial charge < -0.3 is 14.2 Å². The van der Waals surface area contributed by atoms with Crippen molar-refractivity contribution < 1.29 is 19.0 Å². The van der Waals surface area contributed by atoms with E-state index < -0.39 is 11.6 Å². The van der Waals surface area contributed by atoms with E-state index in [-0.39, 0.29) is 18.0 Å². The molecule has 18 heavy (non-hydrogen) atoms. The summed E-state index contributed by atoms with van der Waals surface area (Å²) in [6, 6.07) is 0. The number of hydrogen-bond donors (Lipinski definition) is 0. The van der Waals surface area contributed by atoms with Crippen molar-refractivity contribution in [3.63, 3.8) is 0 Å². The predicted molar refractivity (Wildman–Crippen MR) is 65.0 cm³/mol. The molecule has 3 rings (SSSR count). The van der Waals surface area contributed by atoms with Gasteiger partial charge in [-0.1, -0.05) is 0 Å². The molecular formula is C14H22O4. The highest BCUT2D eigenvalue weighted by Gasteiger charge is 2.56. The van der Waals surface area contributed by atoms with Crippen molar-refractivity contribution in [3.8, 4) is 0 Å². The van der Waals surface area contributed by atoms with Gasteiger partial charge in [0.25, 0.3) is 0 Å². The Morgan fingerprint density at radius 3 is 2.50 bits per heavy atom. The Morgan fingerprint density at radius 1 is 1.06 bits per heavy atom. The Bertz CT molecular complexity index is 356. The molecule has 0 aromatic rings.